The van der Waals surface area contributed by atoms with Gasteiger partial charge in [0.1, 0.15) is 24.1 Å². The van der Waals surface area contributed by atoms with E-state index in [1.807, 2.05) is 0 Å². The Morgan fingerprint density at radius 1 is 1.18 bits per heavy atom. The number of aliphatic hydroxyl groups is 4. The van der Waals surface area contributed by atoms with Gasteiger partial charge in [0, 0.05) is 17.0 Å². The summed E-state index contributed by atoms with van der Waals surface area (Å²) in [4.78, 5) is 26.1. The summed E-state index contributed by atoms with van der Waals surface area (Å²) in [6.07, 6.45) is -6.89. The number of hydrogen-bond donors (Lipinski definition) is 5. The first-order valence-corrected chi connectivity index (χ1v) is 9.10. The van der Waals surface area contributed by atoms with Crippen molar-refractivity contribution in [2.75, 3.05) is 0 Å². The summed E-state index contributed by atoms with van der Waals surface area (Å²) in [5.41, 5.74) is -6.92. The summed E-state index contributed by atoms with van der Waals surface area (Å²) in [5.74, 6) is -3.25. The van der Waals surface area contributed by atoms with E-state index < -0.39 is 70.6 Å². The van der Waals surface area contributed by atoms with E-state index in [-0.39, 0.29) is 11.1 Å². The van der Waals surface area contributed by atoms with Crippen molar-refractivity contribution in [3.8, 4) is 5.75 Å². The summed E-state index contributed by atoms with van der Waals surface area (Å²) in [7, 11) is 0. The SMILES string of the molecule is C[C@@H]1O[C@@H]1C(=O)[C@]1(O)[C@H](C)[C@@H](O)[C@]23O[C@@]2([C@@H]1O)[C@@H](O)c1c(O)cccc1C3=O. The molecule has 0 bridgehead atoms. The molecule has 2 heterocycles. The normalized spacial score (nSPS) is 51.0. The summed E-state index contributed by atoms with van der Waals surface area (Å²) in [6, 6.07) is 4.04. The average Bonchev–Trinajstić information content (AvgIpc) is 3.57. The molecule has 5 N–H and O–H groups in total. The number of carbonyl (C=O) groups is 2. The van der Waals surface area contributed by atoms with Crippen LogP contribution in [0.2, 0.25) is 0 Å². The minimum Gasteiger partial charge on any atom is -0.508 e. The minimum atomic E-state index is -2.52. The second-order valence-electron chi connectivity index (χ2n) is 8.19. The number of rotatable bonds is 2. The Labute approximate surface area is 159 Å². The van der Waals surface area contributed by atoms with Crippen LogP contribution in [-0.4, -0.2) is 78.3 Å². The van der Waals surface area contributed by atoms with Crippen molar-refractivity contribution in [2.45, 2.75) is 61.2 Å². The van der Waals surface area contributed by atoms with Gasteiger partial charge < -0.3 is 35.0 Å². The quantitative estimate of drug-likeness (QED) is 0.381. The summed E-state index contributed by atoms with van der Waals surface area (Å²) in [6.45, 7) is 2.95. The molecule has 0 aromatic heterocycles. The molecule has 0 amide bonds. The summed E-state index contributed by atoms with van der Waals surface area (Å²) >= 11 is 0. The van der Waals surface area contributed by atoms with Crippen LogP contribution in [0.3, 0.4) is 0 Å². The van der Waals surface area contributed by atoms with Crippen molar-refractivity contribution in [2.24, 2.45) is 5.92 Å². The molecule has 9 nitrogen and oxygen atoms in total. The lowest BCUT2D eigenvalue weighted by Crippen LogP contribution is -2.74. The Bertz CT molecular complexity index is 930. The molecular weight excluding hydrogens is 372 g/mol. The maximum atomic E-state index is 13.2. The van der Waals surface area contributed by atoms with Crippen molar-refractivity contribution in [3.63, 3.8) is 0 Å². The molecule has 2 saturated heterocycles. The molecule has 9 heteroatoms. The number of aliphatic hydroxyl groups excluding tert-OH is 3. The van der Waals surface area contributed by atoms with E-state index in [0.717, 1.165) is 0 Å². The minimum absolute atomic E-state index is 0.0463. The van der Waals surface area contributed by atoms with Crippen LogP contribution in [-0.2, 0) is 14.3 Å². The van der Waals surface area contributed by atoms with E-state index in [9.17, 15) is 35.1 Å². The molecule has 0 spiro atoms. The number of hydrogen-bond acceptors (Lipinski definition) is 9. The largest absolute Gasteiger partial charge is 0.508 e. The number of aromatic hydroxyl groups is 1. The Kier molecular flexibility index (Phi) is 3.24. The fraction of sp³-hybridized carbons (Fsp3) is 0.579. The molecule has 28 heavy (non-hydrogen) atoms. The lowest BCUT2D eigenvalue weighted by molar-refractivity contribution is -0.198. The van der Waals surface area contributed by atoms with E-state index in [4.69, 9.17) is 9.47 Å². The molecule has 0 unspecified atom stereocenters. The van der Waals surface area contributed by atoms with Gasteiger partial charge >= 0.3 is 0 Å². The second kappa shape index (κ2) is 4.99. The predicted octanol–water partition coefficient (Wildman–Crippen LogP) is -1.41. The zero-order valence-corrected chi connectivity index (χ0v) is 15.1. The smallest absolute Gasteiger partial charge is 0.201 e. The Morgan fingerprint density at radius 3 is 2.43 bits per heavy atom. The molecule has 1 saturated carbocycles. The van der Waals surface area contributed by atoms with Gasteiger partial charge in [0.05, 0.1) is 12.2 Å². The second-order valence-corrected chi connectivity index (χ2v) is 8.19. The van der Waals surface area contributed by atoms with Gasteiger partial charge in [-0.1, -0.05) is 19.1 Å². The zero-order chi connectivity index (χ0) is 20.4. The lowest BCUT2D eigenvalue weighted by atomic mass is 9.55. The molecule has 150 valence electrons. The van der Waals surface area contributed by atoms with E-state index in [2.05, 4.69) is 0 Å². The predicted molar refractivity (Wildman–Crippen MR) is 89.4 cm³/mol. The molecule has 3 fully saturated rings. The number of benzene rings is 1. The number of Topliss-reactive ketones (excluding diaryl/α,β-unsaturated/α-hetero) is 2. The number of carbonyl (C=O) groups excluding carboxylic acids is 2. The van der Waals surface area contributed by atoms with Crippen LogP contribution in [0.25, 0.3) is 0 Å². The lowest BCUT2D eigenvalue weighted by Gasteiger charge is -2.49. The third-order valence-corrected chi connectivity index (χ3v) is 6.98. The molecule has 1 aromatic carbocycles. The van der Waals surface area contributed by atoms with Crippen LogP contribution in [0.1, 0.15) is 35.9 Å². The number of fused-ring (bicyclic) bond motifs is 1. The first-order chi connectivity index (χ1) is 13.1. The molecule has 1 aromatic rings. The number of phenols is 1. The van der Waals surface area contributed by atoms with Crippen molar-refractivity contribution in [1.82, 2.24) is 0 Å². The first kappa shape index (κ1) is 18.2. The number of ketones is 2. The van der Waals surface area contributed by atoms with Gasteiger partial charge in [-0.2, -0.15) is 0 Å². The van der Waals surface area contributed by atoms with Gasteiger partial charge in [-0.05, 0) is 13.0 Å². The zero-order valence-electron chi connectivity index (χ0n) is 15.1. The fourth-order valence-corrected chi connectivity index (χ4v) is 5.23. The highest BCUT2D eigenvalue weighted by Crippen LogP contribution is 2.70. The van der Waals surface area contributed by atoms with E-state index in [1.165, 1.54) is 25.1 Å². The highest BCUT2D eigenvalue weighted by Gasteiger charge is 2.92. The molecular formula is C19H20O9. The Hall–Kier alpha value is -1.88. The van der Waals surface area contributed by atoms with Crippen molar-refractivity contribution < 1.29 is 44.6 Å². The van der Waals surface area contributed by atoms with Crippen LogP contribution < -0.4 is 0 Å². The van der Waals surface area contributed by atoms with E-state index in [0.29, 0.717) is 0 Å². The monoisotopic (exact) mass is 392 g/mol. The van der Waals surface area contributed by atoms with E-state index in [1.54, 1.807) is 6.92 Å². The topological polar surface area (TPSA) is 160 Å². The first-order valence-electron chi connectivity index (χ1n) is 9.10. The van der Waals surface area contributed by atoms with Gasteiger partial charge in [0.2, 0.25) is 5.78 Å². The fourth-order valence-electron chi connectivity index (χ4n) is 5.23. The maximum absolute atomic E-state index is 13.2. The maximum Gasteiger partial charge on any atom is 0.201 e. The van der Waals surface area contributed by atoms with Crippen LogP contribution >= 0.6 is 0 Å². The van der Waals surface area contributed by atoms with Crippen LogP contribution in [0, 0.1) is 5.92 Å². The third kappa shape index (κ3) is 1.62. The third-order valence-electron chi connectivity index (χ3n) is 6.98. The summed E-state index contributed by atoms with van der Waals surface area (Å²) in [5, 5.41) is 54.4. The highest BCUT2D eigenvalue weighted by atomic mass is 16.7. The number of phenolic OH excluding ortho intramolecular Hbond substituents is 1. The average molecular weight is 392 g/mol. The van der Waals surface area contributed by atoms with Gasteiger partial charge in [0.25, 0.3) is 0 Å². The standard InChI is InChI=1S/C19H20O9/c1-6-12(21)18-13(22)8-4-3-5-9(20)10(8)14(23)19(18,28-18)16(25)17(6,26)15(24)11-7(2)27-11/h3-7,11-12,14,16,20-21,23,25-26H,1-2H3/t6-,7+,11+,12-,14+,16-,17-,18-,19-/m1/s1. The van der Waals surface area contributed by atoms with Gasteiger partial charge in [-0.3, -0.25) is 9.59 Å². The van der Waals surface area contributed by atoms with Crippen molar-refractivity contribution in [3.05, 3.63) is 29.3 Å². The Balaban J connectivity index is 1.70. The molecule has 0 radical (unpaired) electrons. The number of ether oxygens (including phenoxy) is 2. The van der Waals surface area contributed by atoms with Crippen LogP contribution in [0.15, 0.2) is 18.2 Å². The van der Waals surface area contributed by atoms with Gasteiger partial charge in [0.15, 0.2) is 22.6 Å². The van der Waals surface area contributed by atoms with Gasteiger partial charge in [-0.25, -0.2) is 0 Å². The summed E-state index contributed by atoms with van der Waals surface area (Å²) < 4.78 is 10.7. The molecule has 5 rings (SSSR count). The van der Waals surface area contributed by atoms with Crippen LogP contribution in [0.5, 0.6) is 5.75 Å². The molecule has 2 aliphatic carbocycles. The Morgan fingerprint density at radius 2 is 1.82 bits per heavy atom. The van der Waals surface area contributed by atoms with Crippen molar-refractivity contribution in [1.29, 1.82) is 0 Å². The number of epoxide rings is 2. The highest BCUT2D eigenvalue weighted by molar-refractivity contribution is 6.10. The van der Waals surface area contributed by atoms with E-state index >= 15 is 0 Å². The molecule has 4 aliphatic rings. The van der Waals surface area contributed by atoms with Crippen molar-refractivity contribution >= 4 is 11.6 Å². The van der Waals surface area contributed by atoms with Gasteiger partial charge in [-0.15, -0.1) is 0 Å². The molecule has 9 atom stereocenters. The van der Waals surface area contributed by atoms with Crippen LogP contribution in [0.4, 0.5) is 0 Å². The molecule has 2 aliphatic heterocycles.